The first-order chi connectivity index (χ1) is 14.5. The third-order valence-corrected chi connectivity index (χ3v) is 4.52. The predicted octanol–water partition coefficient (Wildman–Crippen LogP) is 4.33. The van der Waals surface area contributed by atoms with E-state index in [2.05, 4.69) is 10.4 Å². The zero-order valence-corrected chi connectivity index (χ0v) is 16.3. The Labute approximate surface area is 173 Å². The number of aryl methyl sites for hydroxylation is 1. The summed E-state index contributed by atoms with van der Waals surface area (Å²) in [5.74, 6) is -2.63. The van der Waals surface area contributed by atoms with Crippen LogP contribution in [0.5, 0.6) is 0 Å². The fourth-order valence-electron chi connectivity index (χ4n) is 2.98. The highest BCUT2D eigenvalue weighted by atomic mass is 19.4. The Morgan fingerprint density at radius 1 is 1.10 bits per heavy atom. The average Bonchev–Trinajstić information content (AvgIpc) is 2.67. The number of nitrogens with one attached hydrogen (secondary N) is 1. The van der Waals surface area contributed by atoms with Gasteiger partial charge in [-0.05, 0) is 38.1 Å². The number of nitrogens with zero attached hydrogens (tertiary/aromatic N) is 2. The van der Waals surface area contributed by atoms with Crippen molar-refractivity contribution in [2.45, 2.75) is 26.1 Å². The number of amides is 1. The molecule has 0 aliphatic carbocycles. The Morgan fingerprint density at radius 2 is 1.81 bits per heavy atom. The molecule has 1 amide bonds. The summed E-state index contributed by atoms with van der Waals surface area (Å²) in [5, 5.41) is 6.31. The highest BCUT2D eigenvalue weighted by molar-refractivity contribution is 5.92. The van der Waals surface area contributed by atoms with Crippen molar-refractivity contribution >= 4 is 5.91 Å². The number of aromatic nitrogens is 2. The number of hydrogen-bond acceptors (Lipinski definition) is 3. The number of carbonyl (C=O) groups is 1. The number of hydrogen-bond donors (Lipinski definition) is 1. The Kier molecular flexibility index (Phi) is 5.92. The van der Waals surface area contributed by atoms with E-state index in [4.69, 9.17) is 0 Å². The number of alkyl halides is 3. The monoisotopic (exact) mass is 437 g/mol. The number of rotatable bonds is 4. The van der Waals surface area contributed by atoms with Crippen molar-refractivity contribution in [2.75, 3.05) is 0 Å². The molecule has 1 atom stereocenters. The van der Waals surface area contributed by atoms with E-state index in [0.29, 0.717) is 6.07 Å². The Bertz CT molecular complexity index is 1200. The van der Waals surface area contributed by atoms with Crippen molar-refractivity contribution < 1.29 is 26.7 Å². The zero-order valence-electron chi connectivity index (χ0n) is 16.3. The Hall–Kier alpha value is -3.56. The molecule has 2 aromatic carbocycles. The summed E-state index contributed by atoms with van der Waals surface area (Å²) in [7, 11) is 0. The lowest BCUT2D eigenvalue weighted by Gasteiger charge is -2.16. The van der Waals surface area contributed by atoms with Crippen molar-refractivity contribution in [3.05, 3.63) is 92.9 Å². The summed E-state index contributed by atoms with van der Waals surface area (Å²) < 4.78 is 67.1. The van der Waals surface area contributed by atoms with Crippen molar-refractivity contribution in [3.8, 4) is 5.69 Å². The van der Waals surface area contributed by atoms with Crippen LogP contribution in [-0.4, -0.2) is 15.7 Å². The standard InChI is InChI=1S/C21H16F5N3O2/c1-11-8-18(30)19(20(31)27-12(2)16-7-6-14(22)10-17(16)23)28-29(11)15-5-3-4-13(9-15)21(24,25)26/h3-10,12H,1-2H3,(H,27,31). The molecule has 5 nitrogen and oxygen atoms in total. The molecular formula is C21H16F5N3O2. The van der Waals surface area contributed by atoms with Crippen LogP contribution >= 0.6 is 0 Å². The van der Waals surface area contributed by atoms with Gasteiger partial charge in [0.15, 0.2) is 5.69 Å². The lowest BCUT2D eigenvalue weighted by atomic mass is 10.1. The summed E-state index contributed by atoms with van der Waals surface area (Å²) in [6, 6.07) is 7.20. The molecule has 0 aliphatic heterocycles. The topological polar surface area (TPSA) is 64.0 Å². The number of benzene rings is 2. The highest BCUT2D eigenvalue weighted by Gasteiger charge is 2.30. The lowest BCUT2D eigenvalue weighted by molar-refractivity contribution is -0.137. The van der Waals surface area contributed by atoms with Crippen LogP contribution in [0.1, 0.15) is 40.3 Å². The minimum Gasteiger partial charge on any atom is -0.344 e. The van der Waals surface area contributed by atoms with E-state index < -0.39 is 46.4 Å². The van der Waals surface area contributed by atoms with E-state index in [1.54, 1.807) is 0 Å². The largest absolute Gasteiger partial charge is 0.416 e. The van der Waals surface area contributed by atoms with Crippen LogP contribution in [-0.2, 0) is 6.18 Å². The summed E-state index contributed by atoms with van der Waals surface area (Å²) >= 11 is 0. The second-order valence-electron chi connectivity index (χ2n) is 6.82. The average molecular weight is 437 g/mol. The molecule has 0 radical (unpaired) electrons. The van der Waals surface area contributed by atoms with Crippen molar-refractivity contribution in [1.82, 2.24) is 15.1 Å². The maximum atomic E-state index is 13.9. The maximum absolute atomic E-state index is 13.9. The lowest BCUT2D eigenvalue weighted by Crippen LogP contribution is -2.34. The second-order valence-corrected chi connectivity index (χ2v) is 6.82. The molecule has 3 rings (SSSR count). The molecule has 0 spiro atoms. The van der Waals surface area contributed by atoms with Gasteiger partial charge in [-0.15, -0.1) is 0 Å². The van der Waals surface area contributed by atoms with Gasteiger partial charge in [0, 0.05) is 23.4 Å². The molecule has 0 bridgehead atoms. The van der Waals surface area contributed by atoms with Crippen molar-refractivity contribution in [2.24, 2.45) is 0 Å². The van der Waals surface area contributed by atoms with Crippen molar-refractivity contribution in [1.29, 1.82) is 0 Å². The van der Waals surface area contributed by atoms with Gasteiger partial charge in [0.2, 0.25) is 5.43 Å². The van der Waals surface area contributed by atoms with Gasteiger partial charge in [-0.2, -0.15) is 18.3 Å². The van der Waals surface area contributed by atoms with E-state index >= 15 is 0 Å². The molecule has 1 N–H and O–H groups in total. The maximum Gasteiger partial charge on any atom is 0.416 e. The van der Waals surface area contributed by atoms with Crippen LogP contribution in [0.3, 0.4) is 0 Å². The SMILES string of the molecule is Cc1cc(=O)c(C(=O)NC(C)c2ccc(F)cc2F)nn1-c1cccc(C(F)(F)F)c1. The van der Waals surface area contributed by atoms with E-state index in [0.717, 1.165) is 35.0 Å². The molecule has 10 heteroatoms. The minimum absolute atomic E-state index is 0.000924. The third kappa shape index (κ3) is 4.79. The van der Waals surface area contributed by atoms with Crippen LogP contribution in [0.2, 0.25) is 0 Å². The molecule has 0 aliphatic rings. The summed E-state index contributed by atoms with van der Waals surface area (Å²) in [4.78, 5) is 24.9. The molecule has 0 saturated carbocycles. The summed E-state index contributed by atoms with van der Waals surface area (Å²) in [6.45, 7) is 2.88. The summed E-state index contributed by atoms with van der Waals surface area (Å²) in [6.07, 6.45) is -4.59. The molecule has 31 heavy (non-hydrogen) atoms. The number of halogens is 5. The van der Waals surface area contributed by atoms with Gasteiger partial charge in [0.1, 0.15) is 11.6 Å². The van der Waals surface area contributed by atoms with Crippen LogP contribution in [0.4, 0.5) is 22.0 Å². The van der Waals surface area contributed by atoms with Crippen molar-refractivity contribution in [3.63, 3.8) is 0 Å². The Morgan fingerprint density at radius 3 is 2.45 bits per heavy atom. The third-order valence-electron chi connectivity index (χ3n) is 4.52. The van der Waals surface area contributed by atoms with Gasteiger partial charge >= 0.3 is 6.18 Å². The number of carbonyl (C=O) groups excluding carboxylic acids is 1. The molecule has 0 saturated heterocycles. The van der Waals surface area contributed by atoms with Crippen LogP contribution in [0, 0.1) is 18.6 Å². The van der Waals surface area contributed by atoms with Gasteiger partial charge in [-0.1, -0.05) is 12.1 Å². The molecule has 162 valence electrons. The molecule has 1 heterocycles. The van der Waals surface area contributed by atoms with Gasteiger partial charge in [-0.3, -0.25) is 9.59 Å². The first-order valence-electron chi connectivity index (χ1n) is 9.02. The van der Waals surface area contributed by atoms with Gasteiger partial charge in [-0.25, -0.2) is 13.5 Å². The summed E-state index contributed by atoms with van der Waals surface area (Å²) in [5.41, 5.74) is -2.07. The molecule has 1 aromatic heterocycles. The predicted molar refractivity (Wildman–Crippen MR) is 102 cm³/mol. The fraction of sp³-hybridized carbons (Fsp3) is 0.190. The van der Waals surface area contributed by atoms with Gasteiger partial charge < -0.3 is 5.32 Å². The molecule has 1 unspecified atom stereocenters. The first kappa shape index (κ1) is 22.1. The highest BCUT2D eigenvalue weighted by Crippen LogP contribution is 2.30. The first-order valence-corrected chi connectivity index (χ1v) is 9.02. The molecule has 3 aromatic rings. The molecule has 0 fully saturated rings. The molecular weight excluding hydrogens is 421 g/mol. The zero-order chi connectivity index (χ0) is 22.9. The second kappa shape index (κ2) is 8.29. The fourth-order valence-corrected chi connectivity index (χ4v) is 2.98. The van der Waals surface area contributed by atoms with E-state index in [1.807, 2.05) is 0 Å². The normalized spacial score (nSPS) is 12.5. The van der Waals surface area contributed by atoms with Crippen LogP contribution < -0.4 is 10.7 Å². The van der Waals surface area contributed by atoms with E-state index in [-0.39, 0.29) is 16.9 Å². The quantitative estimate of drug-likeness (QED) is 0.618. The smallest absolute Gasteiger partial charge is 0.344 e. The van der Waals surface area contributed by atoms with Gasteiger partial charge in [0.05, 0.1) is 17.3 Å². The van der Waals surface area contributed by atoms with Gasteiger partial charge in [0.25, 0.3) is 5.91 Å². The van der Waals surface area contributed by atoms with Crippen LogP contribution in [0.25, 0.3) is 5.69 Å². The van der Waals surface area contributed by atoms with E-state index in [9.17, 15) is 31.5 Å². The van der Waals surface area contributed by atoms with Crippen LogP contribution in [0.15, 0.2) is 53.3 Å². The van der Waals surface area contributed by atoms with E-state index in [1.165, 1.54) is 26.0 Å². The minimum atomic E-state index is -4.59. The Balaban J connectivity index is 1.96.